The first kappa shape index (κ1) is 17.7. The Morgan fingerprint density at radius 2 is 1.81 bits per heavy atom. The highest BCUT2D eigenvalue weighted by molar-refractivity contribution is 5.61. The molecule has 1 aliphatic rings. The number of benzene rings is 2. The van der Waals surface area contributed by atoms with E-state index in [9.17, 15) is 5.11 Å². The third-order valence-corrected chi connectivity index (χ3v) is 5.27. The van der Waals surface area contributed by atoms with Crippen molar-refractivity contribution in [2.45, 2.75) is 31.7 Å². The van der Waals surface area contributed by atoms with Gasteiger partial charge in [-0.25, -0.2) is 0 Å². The second-order valence-corrected chi connectivity index (χ2v) is 7.28. The Morgan fingerprint density at radius 3 is 2.48 bits per heavy atom. The lowest BCUT2D eigenvalue weighted by Crippen LogP contribution is -2.48. The maximum Gasteiger partial charge on any atom is 0.248 e. The van der Waals surface area contributed by atoms with Gasteiger partial charge in [0.25, 0.3) is 0 Å². The standard InChI is InChI=1S/C21H23N3O3/c1-13-9-15(5-6-18(13)26-2)19-23-24-20(27-19)16-4-3-14-7-8-21(22,12-25)11-17(14)10-16/h3-6,9-10,25H,7-8,11-12,22H2,1-2H3. The number of nitrogens with two attached hydrogens (primary N) is 1. The average Bonchev–Trinajstić information content (AvgIpc) is 3.17. The van der Waals surface area contributed by atoms with Crippen LogP contribution in [-0.4, -0.2) is 34.6 Å². The van der Waals surface area contributed by atoms with E-state index in [4.69, 9.17) is 14.9 Å². The molecule has 140 valence electrons. The van der Waals surface area contributed by atoms with Crippen LogP contribution in [0.4, 0.5) is 0 Å². The van der Waals surface area contributed by atoms with Crippen molar-refractivity contribution in [2.75, 3.05) is 13.7 Å². The molecule has 6 heteroatoms. The highest BCUT2D eigenvalue weighted by Gasteiger charge is 2.30. The molecule has 4 rings (SSSR count). The molecule has 2 aromatic carbocycles. The zero-order chi connectivity index (χ0) is 19.0. The molecule has 0 saturated carbocycles. The molecule has 0 spiro atoms. The second kappa shape index (κ2) is 6.79. The molecule has 3 aromatic rings. The van der Waals surface area contributed by atoms with Crippen molar-refractivity contribution in [2.24, 2.45) is 5.73 Å². The number of hydrogen-bond donors (Lipinski definition) is 2. The summed E-state index contributed by atoms with van der Waals surface area (Å²) < 4.78 is 11.2. The van der Waals surface area contributed by atoms with Gasteiger partial charge < -0.3 is 20.0 Å². The number of ether oxygens (including phenoxy) is 1. The van der Waals surface area contributed by atoms with E-state index in [1.807, 2.05) is 37.3 Å². The SMILES string of the molecule is COc1ccc(-c2nnc(-c3ccc4c(c3)CC(N)(CO)CC4)o2)cc1C. The molecule has 1 unspecified atom stereocenters. The van der Waals surface area contributed by atoms with Crippen molar-refractivity contribution in [3.63, 3.8) is 0 Å². The van der Waals surface area contributed by atoms with E-state index in [-0.39, 0.29) is 6.61 Å². The monoisotopic (exact) mass is 365 g/mol. The van der Waals surface area contributed by atoms with Gasteiger partial charge in [0.15, 0.2) is 0 Å². The number of methoxy groups -OCH3 is 1. The van der Waals surface area contributed by atoms with Gasteiger partial charge in [-0.2, -0.15) is 0 Å². The van der Waals surface area contributed by atoms with Gasteiger partial charge in [0, 0.05) is 16.7 Å². The molecule has 3 N–H and O–H groups in total. The number of nitrogens with zero attached hydrogens (tertiary/aromatic N) is 2. The Hall–Kier alpha value is -2.70. The average molecular weight is 365 g/mol. The molecule has 0 bridgehead atoms. The lowest BCUT2D eigenvalue weighted by molar-refractivity contribution is 0.181. The van der Waals surface area contributed by atoms with Crippen LogP contribution < -0.4 is 10.5 Å². The Balaban J connectivity index is 1.64. The van der Waals surface area contributed by atoms with Crippen molar-refractivity contribution in [3.05, 3.63) is 53.1 Å². The smallest absolute Gasteiger partial charge is 0.248 e. The third-order valence-electron chi connectivity index (χ3n) is 5.27. The Kier molecular flexibility index (Phi) is 4.45. The maximum absolute atomic E-state index is 9.58. The Labute approximate surface area is 158 Å². The van der Waals surface area contributed by atoms with Crippen LogP contribution in [0.1, 0.15) is 23.1 Å². The van der Waals surface area contributed by atoms with Crippen LogP contribution in [0.25, 0.3) is 22.9 Å². The van der Waals surface area contributed by atoms with Crippen LogP contribution in [0.5, 0.6) is 5.75 Å². The fourth-order valence-electron chi connectivity index (χ4n) is 3.62. The van der Waals surface area contributed by atoms with Crippen molar-refractivity contribution >= 4 is 0 Å². The van der Waals surface area contributed by atoms with E-state index in [1.54, 1.807) is 7.11 Å². The van der Waals surface area contributed by atoms with Gasteiger partial charge >= 0.3 is 0 Å². The summed E-state index contributed by atoms with van der Waals surface area (Å²) in [5.41, 5.74) is 10.8. The summed E-state index contributed by atoms with van der Waals surface area (Å²) >= 11 is 0. The highest BCUT2D eigenvalue weighted by atomic mass is 16.5. The Morgan fingerprint density at radius 1 is 1.11 bits per heavy atom. The number of aliphatic hydroxyl groups is 1. The Bertz CT molecular complexity index is 983. The van der Waals surface area contributed by atoms with Gasteiger partial charge in [-0.05, 0) is 73.2 Å². The quantitative estimate of drug-likeness (QED) is 0.738. The molecule has 1 atom stereocenters. The van der Waals surface area contributed by atoms with Crippen LogP contribution >= 0.6 is 0 Å². The summed E-state index contributed by atoms with van der Waals surface area (Å²) in [6.45, 7) is 1.96. The topological polar surface area (TPSA) is 94.4 Å². The number of aromatic nitrogens is 2. The van der Waals surface area contributed by atoms with E-state index < -0.39 is 5.54 Å². The molecule has 1 aliphatic carbocycles. The van der Waals surface area contributed by atoms with E-state index in [1.165, 1.54) is 5.56 Å². The lowest BCUT2D eigenvalue weighted by Gasteiger charge is -2.33. The molecule has 27 heavy (non-hydrogen) atoms. The second-order valence-electron chi connectivity index (χ2n) is 7.28. The lowest BCUT2D eigenvalue weighted by atomic mass is 9.78. The van der Waals surface area contributed by atoms with E-state index >= 15 is 0 Å². The van der Waals surface area contributed by atoms with Gasteiger partial charge in [-0.15, -0.1) is 10.2 Å². The predicted octanol–water partition coefficient (Wildman–Crippen LogP) is 2.90. The summed E-state index contributed by atoms with van der Waals surface area (Å²) in [5, 5.41) is 18.0. The molecule has 0 fully saturated rings. The van der Waals surface area contributed by atoms with Crippen LogP contribution in [0.2, 0.25) is 0 Å². The summed E-state index contributed by atoms with van der Waals surface area (Å²) in [6, 6.07) is 11.9. The van der Waals surface area contributed by atoms with Crippen molar-refractivity contribution in [3.8, 4) is 28.7 Å². The predicted molar refractivity (Wildman–Crippen MR) is 102 cm³/mol. The summed E-state index contributed by atoms with van der Waals surface area (Å²) in [4.78, 5) is 0. The number of hydrogen-bond acceptors (Lipinski definition) is 6. The normalized spacial score (nSPS) is 19.0. The van der Waals surface area contributed by atoms with E-state index in [0.717, 1.165) is 40.8 Å². The number of fused-ring (bicyclic) bond motifs is 1. The minimum atomic E-state index is -0.549. The molecular weight excluding hydrogens is 342 g/mol. The fraction of sp³-hybridized carbons (Fsp3) is 0.333. The van der Waals surface area contributed by atoms with Crippen molar-refractivity contribution < 1.29 is 14.3 Å². The summed E-state index contributed by atoms with van der Waals surface area (Å²) in [6.07, 6.45) is 2.30. The van der Waals surface area contributed by atoms with Crippen LogP contribution in [0, 0.1) is 6.92 Å². The number of aliphatic hydroxyl groups excluding tert-OH is 1. The van der Waals surface area contributed by atoms with Gasteiger partial charge in [-0.1, -0.05) is 6.07 Å². The first-order valence-electron chi connectivity index (χ1n) is 9.02. The first-order valence-corrected chi connectivity index (χ1v) is 9.02. The molecule has 0 saturated heterocycles. The van der Waals surface area contributed by atoms with E-state index in [2.05, 4.69) is 16.3 Å². The third kappa shape index (κ3) is 3.34. The van der Waals surface area contributed by atoms with Crippen molar-refractivity contribution in [1.82, 2.24) is 10.2 Å². The maximum atomic E-state index is 9.58. The molecular formula is C21H23N3O3. The zero-order valence-corrected chi connectivity index (χ0v) is 15.5. The molecule has 0 amide bonds. The van der Waals surface area contributed by atoms with Crippen LogP contribution in [0.15, 0.2) is 40.8 Å². The fourth-order valence-corrected chi connectivity index (χ4v) is 3.62. The summed E-state index contributed by atoms with van der Waals surface area (Å²) in [7, 11) is 1.65. The molecule has 0 aliphatic heterocycles. The number of aryl methyl sites for hydroxylation is 2. The summed E-state index contributed by atoms with van der Waals surface area (Å²) in [5.74, 6) is 1.76. The van der Waals surface area contributed by atoms with Gasteiger partial charge in [-0.3, -0.25) is 0 Å². The van der Waals surface area contributed by atoms with Gasteiger partial charge in [0.2, 0.25) is 11.8 Å². The van der Waals surface area contributed by atoms with Gasteiger partial charge in [0.05, 0.1) is 13.7 Å². The largest absolute Gasteiger partial charge is 0.496 e. The van der Waals surface area contributed by atoms with Crippen LogP contribution in [-0.2, 0) is 12.8 Å². The highest BCUT2D eigenvalue weighted by Crippen LogP contribution is 2.32. The molecule has 1 heterocycles. The van der Waals surface area contributed by atoms with Crippen LogP contribution in [0.3, 0.4) is 0 Å². The van der Waals surface area contributed by atoms with Gasteiger partial charge in [0.1, 0.15) is 5.75 Å². The molecule has 1 aromatic heterocycles. The first-order chi connectivity index (χ1) is 13.0. The molecule has 6 nitrogen and oxygen atoms in total. The zero-order valence-electron chi connectivity index (χ0n) is 15.5. The number of rotatable bonds is 4. The van der Waals surface area contributed by atoms with E-state index in [0.29, 0.717) is 18.2 Å². The minimum absolute atomic E-state index is 0.0157. The van der Waals surface area contributed by atoms with Crippen molar-refractivity contribution in [1.29, 1.82) is 0 Å². The molecule has 0 radical (unpaired) electrons. The minimum Gasteiger partial charge on any atom is -0.496 e.